The van der Waals surface area contributed by atoms with Crippen LogP contribution in [0.2, 0.25) is 0 Å². The smallest absolute Gasteiger partial charge is 0.122 e. The Hall–Kier alpha value is -1.02. The zero-order valence-corrected chi connectivity index (χ0v) is 8.86. The molecule has 1 heterocycles. The van der Waals surface area contributed by atoms with E-state index in [9.17, 15) is 0 Å². The molecule has 1 aromatic carbocycles. The monoisotopic (exact) mass is 203 g/mol. The van der Waals surface area contributed by atoms with Crippen LogP contribution in [0.5, 0.6) is 5.75 Å². The van der Waals surface area contributed by atoms with Gasteiger partial charge in [-0.1, -0.05) is 18.2 Å². The highest BCUT2D eigenvalue weighted by molar-refractivity contribution is 5.38. The molecule has 0 amide bonds. The van der Waals surface area contributed by atoms with E-state index >= 15 is 0 Å². The molecular weight excluding hydrogens is 186 g/mol. The fourth-order valence-electron chi connectivity index (χ4n) is 2.58. The predicted molar refractivity (Wildman–Crippen MR) is 60.0 cm³/mol. The molecular formula is C13H17NO. The number of fused-ring (bicyclic) bond motifs is 1. The third-order valence-corrected chi connectivity index (χ3v) is 3.64. The van der Waals surface area contributed by atoms with Gasteiger partial charge in [-0.2, -0.15) is 0 Å². The summed E-state index contributed by atoms with van der Waals surface area (Å²) < 4.78 is 5.65. The standard InChI is InChI=1S/C13H17NO/c14-13(9-5-6-9)11-7-8-15-12-4-2-1-3-10(11)12/h1-4,9,11,13H,5-8,14H2. The fourth-order valence-corrected chi connectivity index (χ4v) is 2.58. The van der Waals surface area contributed by atoms with E-state index in [-0.39, 0.29) is 0 Å². The second-order valence-corrected chi connectivity index (χ2v) is 4.70. The molecule has 1 saturated carbocycles. The highest BCUT2D eigenvalue weighted by Crippen LogP contribution is 2.43. The van der Waals surface area contributed by atoms with Crippen molar-refractivity contribution in [1.29, 1.82) is 0 Å². The van der Waals surface area contributed by atoms with Crippen LogP contribution < -0.4 is 10.5 Å². The van der Waals surface area contributed by atoms with Crippen LogP contribution in [-0.4, -0.2) is 12.6 Å². The Kier molecular flexibility index (Phi) is 2.17. The van der Waals surface area contributed by atoms with Crippen molar-refractivity contribution in [2.75, 3.05) is 6.61 Å². The first-order chi connectivity index (χ1) is 7.36. The summed E-state index contributed by atoms with van der Waals surface area (Å²) in [6.45, 7) is 0.822. The summed E-state index contributed by atoms with van der Waals surface area (Å²) >= 11 is 0. The van der Waals surface area contributed by atoms with Gasteiger partial charge in [0.1, 0.15) is 5.75 Å². The van der Waals surface area contributed by atoms with E-state index in [0.29, 0.717) is 12.0 Å². The van der Waals surface area contributed by atoms with Gasteiger partial charge in [0.2, 0.25) is 0 Å². The largest absolute Gasteiger partial charge is 0.493 e. The predicted octanol–water partition coefficient (Wildman–Crippen LogP) is 2.29. The molecule has 0 saturated heterocycles. The van der Waals surface area contributed by atoms with Crippen LogP contribution in [0.15, 0.2) is 24.3 Å². The quantitative estimate of drug-likeness (QED) is 0.800. The van der Waals surface area contributed by atoms with Crippen molar-refractivity contribution in [2.45, 2.75) is 31.2 Å². The Morgan fingerprint density at radius 3 is 2.80 bits per heavy atom. The summed E-state index contributed by atoms with van der Waals surface area (Å²) in [5.41, 5.74) is 7.64. The number of rotatable bonds is 2. The van der Waals surface area contributed by atoms with Gasteiger partial charge in [0.05, 0.1) is 6.61 Å². The number of hydrogen-bond acceptors (Lipinski definition) is 2. The molecule has 1 aromatic rings. The molecule has 0 bridgehead atoms. The first-order valence-corrected chi connectivity index (χ1v) is 5.83. The highest BCUT2D eigenvalue weighted by atomic mass is 16.5. The second kappa shape index (κ2) is 3.53. The maximum absolute atomic E-state index is 6.31. The maximum Gasteiger partial charge on any atom is 0.122 e. The summed E-state index contributed by atoms with van der Waals surface area (Å²) in [6.07, 6.45) is 3.72. The molecule has 2 nitrogen and oxygen atoms in total. The van der Waals surface area contributed by atoms with Crippen LogP contribution in [-0.2, 0) is 0 Å². The molecule has 80 valence electrons. The third kappa shape index (κ3) is 1.63. The van der Waals surface area contributed by atoms with Crippen LogP contribution in [0.3, 0.4) is 0 Å². The molecule has 3 rings (SSSR count). The Morgan fingerprint density at radius 2 is 2.00 bits per heavy atom. The summed E-state index contributed by atoms with van der Waals surface area (Å²) in [6, 6.07) is 8.68. The number of benzene rings is 1. The first kappa shape index (κ1) is 9.22. The first-order valence-electron chi connectivity index (χ1n) is 5.83. The van der Waals surface area contributed by atoms with Crippen molar-refractivity contribution < 1.29 is 4.74 Å². The van der Waals surface area contributed by atoms with Crippen molar-refractivity contribution in [2.24, 2.45) is 11.7 Å². The third-order valence-electron chi connectivity index (χ3n) is 3.64. The summed E-state index contributed by atoms with van der Waals surface area (Å²) in [5.74, 6) is 2.33. The highest BCUT2D eigenvalue weighted by Gasteiger charge is 2.36. The minimum absolute atomic E-state index is 0.343. The number of ether oxygens (including phenoxy) is 1. The van der Waals surface area contributed by atoms with Crippen LogP contribution in [0.1, 0.15) is 30.7 Å². The Morgan fingerprint density at radius 1 is 1.20 bits per heavy atom. The molecule has 2 aliphatic rings. The Balaban J connectivity index is 1.91. The molecule has 1 aliphatic heterocycles. The van der Waals surface area contributed by atoms with Crippen LogP contribution in [0, 0.1) is 5.92 Å². The van der Waals surface area contributed by atoms with Gasteiger partial charge < -0.3 is 10.5 Å². The van der Waals surface area contributed by atoms with Crippen molar-refractivity contribution in [3.05, 3.63) is 29.8 Å². The van der Waals surface area contributed by atoms with Gasteiger partial charge in [0, 0.05) is 12.0 Å². The topological polar surface area (TPSA) is 35.2 Å². The van der Waals surface area contributed by atoms with Crippen molar-refractivity contribution in [3.63, 3.8) is 0 Å². The van der Waals surface area contributed by atoms with E-state index < -0.39 is 0 Å². The lowest BCUT2D eigenvalue weighted by atomic mass is 9.85. The lowest BCUT2D eigenvalue weighted by molar-refractivity contribution is 0.250. The molecule has 1 fully saturated rings. The van der Waals surface area contributed by atoms with Crippen molar-refractivity contribution in [1.82, 2.24) is 0 Å². The van der Waals surface area contributed by atoms with Crippen LogP contribution in [0.4, 0.5) is 0 Å². The maximum atomic E-state index is 6.31. The van der Waals surface area contributed by atoms with Gasteiger partial charge in [-0.05, 0) is 36.8 Å². The summed E-state index contributed by atoms with van der Waals surface area (Å²) in [5, 5.41) is 0. The van der Waals surface area contributed by atoms with Gasteiger partial charge in [0.15, 0.2) is 0 Å². The Labute approximate surface area is 90.4 Å². The molecule has 0 spiro atoms. The molecule has 0 aromatic heterocycles. The fraction of sp³-hybridized carbons (Fsp3) is 0.538. The van der Waals surface area contributed by atoms with Crippen molar-refractivity contribution in [3.8, 4) is 5.75 Å². The zero-order chi connectivity index (χ0) is 10.3. The number of nitrogens with two attached hydrogens (primary N) is 1. The molecule has 2 unspecified atom stereocenters. The number of para-hydroxylation sites is 1. The van der Waals surface area contributed by atoms with Gasteiger partial charge in [-0.25, -0.2) is 0 Å². The molecule has 2 heteroatoms. The SMILES string of the molecule is NC(C1CC1)C1CCOc2ccccc21. The number of hydrogen-bond donors (Lipinski definition) is 1. The lowest BCUT2D eigenvalue weighted by Gasteiger charge is -2.30. The molecule has 2 atom stereocenters. The molecule has 2 N–H and O–H groups in total. The van der Waals surface area contributed by atoms with E-state index in [1.165, 1.54) is 18.4 Å². The minimum Gasteiger partial charge on any atom is -0.493 e. The molecule has 1 aliphatic carbocycles. The second-order valence-electron chi connectivity index (χ2n) is 4.70. The summed E-state index contributed by atoms with van der Waals surface area (Å²) in [7, 11) is 0. The minimum atomic E-state index is 0.343. The van der Waals surface area contributed by atoms with E-state index in [1.807, 2.05) is 6.07 Å². The van der Waals surface area contributed by atoms with E-state index in [0.717, 1.165) is 24.7 Å². The zero-order valence-electron chi connectivity index (χ0n) is 8.86. The van der Waals surface area contributed by atoms with Crippen LogP contribution in [0.25, 0.3) is 0 Å². The van der Waals surface area contributed by atoms with Crippen LogP contribution >= 0.6 is 0 Å². The van der Waals surface area contributed by atoms with Gasteiger partial charge in [-0.3, -0.25) is 0 Å². The van der Waals surface area contributed by atoms with Gasteiger partial charge in [-0.15, -0.1) is 0 Å². The average Bonchev–Trinajstić information content (AvgIpc) is 3.11. The molecule has 0 radical (unpaired) electrons. The average molecular weight is 203 g/mol. The van der Waals surface area contributed by atoms with E-state index in [4.69, 9.17) is 10.5 Å². The van der Waals surface area contributed by atoms with Crippen molar-refractivity contribution >= 4 is 0 Å². The van der Waals surface area contributed by atoms with Gasteiger partial charge >= 0.3 is 0 Å². The van der Waals surface area contributed by atoms with Gasteiger partial charge in [0.25, 0.3) is 0 Å². The van der Waals surface area contributed by atoms with E-state index in [2.05, 4.69) is 18.2 Å². The van der Waals surface area contributed by atoms with E-state index in [1.54, 1.807) is 0 Å². The summed E-state index contributed by atoms with van der Waals surface area (Å²) in [4.78, 5) is 0. The molecule has 15 heavy (non-hydrogen) atoms. The lowest BCUT2D eigenvalue weighted by Crippen LogP contribution is -2.33. The normalized spacial score (nSPS) is 26.6. The Bertz CT molecular complexity index is 359.